The minimum atomic E-state index is -0.740. The molecule has 1 aromatic rings. The van der Waals surface area contributed by atoms with E-state index in [9.17, 15) is 4.79 Å². The van der Waals surface area contributed by atoms with Crippen LogP contribution in [0, 0.1) is 5.92 Å². The second kappa shape index (κ2) is 5.41. The first-order chi connectivity index (χ1) is 8.47. The monoisotopic (exact) mass is 311 g/mol. The Morgan fingerprint density at radius 1 is 1.56 bits per heavy atom. The molecule has 0 spiro atoms. The molecule has 2 rings (SSSR count). The van der Waals surface area contributed by atoms with Gasteiger partial charge in [-0.05, 0) is 30.7 Å². The van der Waals surface area contributed by atoms with E-state index >= 15 is 0 Å². The molecule has 3 nitrogen and oxygen atoms in total. The van der Waals surface area contributed by atoms with Crippen LogP contribution in [-0.2, 0) is 11.2 Å². The van der Waals surface area contributed by atoms with Crippen LogP contribution in [0.2, 0.25) is 0 Å². The SMILES string of the molecule is CC(Cc1ccc(C2CN(C)C2)c(Br)c1)C(=O)O. The predicted molar refractivity (Wildman–Crippen MR) is 74.9 cm³/mol. The fourth-order valence-corrected chi connectivity index (χ4v) is 3.12. The fraction of sp³-hybridized carbons (Fsp3) is 0.500. The highest BCUT2D eigenvalue weighted by Gasteiger charge is 2.26. The summed E-state index contributed by atoms with van der Waals surface area (Å²) in [6, 6.07) is 6.25. The van der Waals surface area contributed by atoms with Gasteiger partial charge in [0.05, 0.1) is 5.92 Å². The third-order valence-corrected chi connectivity index (χ3v) is 4.22. The minimum Gasteiger partial charge on any atom is -0.481 e. The highest BCUT2D eigenvalue weighted by Crippen LogP contribution is 2.32. The summed E-state index contributed by atoms with van der Waals surface area (Å²) in [5, 5.41) is 8.91. The number of hydrogen-bond donors (Lipinski definition) is 1. The number of carboxylic acid groups (broad SMARTS) is 1. The largest absolute Gasteiger partial charge is 0.481 e. The van der Waals surface area contributed by atoms with Gasteiger partial charge in [-0.25, -0.2) is 0 Å². The third kappa shape index (κ3) is 2.93. The van der Waals surface area contributed by atoms with E-state index in [1.165, 1.54) is 5.56 Å². The van der Waals surface area contributed by atoms with Gasteiger partial charge in [0.25, 0.3) is 0 Å². The first kappa shape index (κ1) is 13.6. The number of hydrogen-bond acceptors (Lipinski definition) is 2. The number of likely N-dealkylation sites (tertiary alicyclic amines) is 1. The van der Waals surface area contributed by atoms with Crippen molar-refractivity contribution in [2.45, 2.75) is 19.3 Å². The Labute approximate surface area is 116 Å². The smallest absolute Gasteiger partial charge is 0.306 e. The number of carboxylic acids is 1. The molecule has 0 bridgehead atoms. The first-order valence-corrected chi connectivity index (χ1v) is 6.96. The molecule has 0 aromatic heterocycles. The molecule has 1 aliphatic rings. The Balaban J connectivity index is 2.07. The number of benzene rings is 1. The number of nitrogens with zero attached hydrogens (tertiary/aromatic N) is 1. The van der Waals surface area contributed by atoms with E-state index in [0.29, 0.717) is 12.3 Å². The van der Waals surface area contributed by atoms with Crippen molar-refractivity contribution in [2.24, 2.45) is 5.92 Å². The van der Waals surface area contributed by atoms with E-state index in [4.69, 9.17) is 5.11 Å². The van der Waals surface area contributed by atoms with Crippen molar-refractivity contribution in [3.63, 3.8) is 0 Å². The number of carbonyl (C=O) groups is 1. The molecule has 1 unspecified atom stereocenters. The van der Waals surface area contributed by atoms with E-state index in [1.54, 1.807) is 6.92 Å². The van der Waals surface area contributed by atoms with Crippen LogP contribution in [0.3, 0.4) is 0 Å². The zero-order chi connectivity index (χ0) is 13.3. The standard InChI is InChI=1S/C14H18BrNO2/c1-9(14(17)18)5-10-3-4-12(13(15)6-10)11-7-16(2)8-11/h3-4,6,9,11H,5,7-8H2,1-2H3,(H,17,18). The lowest BCUT2D eigenvalue weighted by atomic mass is 9.90. The van der Waals surface area contributed by atoms with Crippen LogP contribution in [0.15, 0.2) is 22.7 Å². The van der Waals surface area contributed by atoms with Crippen molar-refractivity contribution in [2.75, 3.05) is 20.1 Å². The molecular weight excluding hydrogens is 294 g/mol. The van der Waals surface area contributed by atoms with Crippen LogP contribution in [0.1, 0.15) is 24.0 Å². The van der Waals surface area contributed by atoms with Gasteiger partial charge < -0.3 is 10.0 Å². The van der Waals surface area contributed by atoms with Gasteiger partial charge in [-0.15, -0.1) is 0 Å². The Morgan fingerprint density at radius 3 is 2.72 bits per heavy atom. The van der Waals surface area contributed by atoms with E-state index in [-0.39, 0.29) is 5.92 Å². The zero-order valence-electron chi connectivity index (χ0n) is 10.7. The molecule has 1 saturated heterocycles. The Hall–Kier alpha value is -0.870. The summed E-state index contributed by atoms with van der Waals surface area (Å²) < 4.78 is 1.11. The van der Waals surface area contributed by atoms with E-state index in [1.807, 2.05) is 0 Å². The van der Waals surface area contributed by atoms with Crippen molar-refractivity contribution in [1.82, 2.24) is 4.90 Å². The molecule has 4 heteroatoms. The van der Waals surface area contributed by atoms with Crippen LogP contribution >= 0.6 is 15.9 Å². The second-order valence-electron chi connectivity index (χ2n) is 5.22. The zero-order valence-corrected chi connectivity index (χ0v) is 12.3. The van der Waals surface area contributed by atoms with Gasteiger partial charge in [-0.2, -0.15) is 0 Å². The second-order valence-corrected chi connectivity index (χ2v) is 6.07. The van der Waals surface area contributed by atoms with Crippen molar-refractivity contribution >= 4 is 21.9 Å². The van der Waals surface area contributed by atoms with Crippen molar-refractivity contribution in [3.8, 4) is 0 Å². The first-order valence-electron chi connectivity index (χ1n) is 6.17. The normalized spacial score (nSPS) is 18.4. The highest BCUT2D eigenvalue weighted by atomic mass is 79.9. The molecule has 1 heterocycles. The lowest BCUT2D eigenvalue weighted by Gasteiger charge is -2.37. The summed E-state index contributed by atoms with van der Waals surface area (Å²) in [4.78, 5) is 13.1. The fourth-order valence-electron chi connectivity index (χ4n) is 2.37. The van der Waals surface area contributed by atoms with Crippen LogP contribution in [0.5, 0.6) is 0 Å². The molecular formula is C14H18BrNO2. The molecule has 98 valence electrons. The maximum Gasteiger partial charge on any atom is 0.306 e. The van der Waals surface area contributed by atoms with E-state index in [0.717, 1.165) is 23.1 Å². The quantitative estimate of drug-likeness (QED) is 0.929. The molecule has 1 aromatic carbocycles. The number of rotatable bonds is 4. The molecule has 0 saturated carbocycles. The molecule has 18 heavy (non-hydrogen) atoms. The Morgan fingerprint density at radius 2 is 2.22 bits per heavy atom. The summed E-state index contributed by atoms with van der Waals surface area (Å²) >= 11 is 3.60. The molecule has 0 aliphatic carbocycles. The van der Waals surface area contributed by atoms with Crippen molar-refractivity contribution in [3.05, 3.63) is 33.8 Å². The Bertz CT molecular complexity index is 455. The van der Waals surface area contributed by atoms with Crippen LogP contribution < -0.4 is 0 Å². The molecule has 1 atom stereocenters. The third-order valence-electron chi connectivity index (χ3n) is 3.53. The lowest BCUT2D eigenvalue weighted by molar-refractivity contribution is -0.141. The van der Waals surface area contributed by atoms with Gasteiger partial charge in [-0.1, -0.05) is 35.0 Å². The maximum atomic E-state index is 10.8. The number of aliphatic carboxylic acids is 1. The van der Waals surface area contributed by atoms with Gasteiger partial charge >= 0.3 is 5.97 Å². The van der Waals surface area contributed by atoms with Crippen LogP contribution in [0.25, 0.3) is 0 Å². The molecule has 0 radical (unpaired) electrons. The molecule has 1 fully saturated rings. The van der Waals surface area contributed by atoms with Gasteiger partial charge in [0, 0.05) is 23.5 Å². The van der Waals surface area contributed by atoms with Gasteiger partial charge in [0.1, 0.15) is 0 Å². The highest BCUT2D eigenvalue weighted by molar-refractivity contribution is 9.10. The molecule has 0 amide bonds. The minimum absolute atomic E-state index is 0.336. The van der Waals surface area contributed by atoms with Crippen molar-refractivity contribution < 1.29 is 9.90 Å². The maximum absolute atomic E-state index is 10.8. The summed E-state index contributed by atoms with van der Waals surface area (Å²) in [6.07, 6.45) is 0.582. The molecule has 1 N–H and O–H groups in total. The summed E-state index contributed by atoms with van der Waals surface area (Å²) in [5.41, 5.74) is 2.41. The van der Waals surface area contributed by atoms with Crippen LogP contribution in [-0.4, -0.2) is 36.1 Å². The summed E-state index contributed by atoms with van der Waals surface area (Å²) in [6.45, 7) is 3.94. The van der Waals surface area contributed by atoms with E-state index in [2.05, 4.69) is 46.1 Å². The number of likely N-dealkylation sites (N-methyl/N-ethyl adjacent to an activating group) is 1. The average Bonchev–Trinajstić information content (AvgIpc) is 2.25. The summed E-state index contributed by atoms with van der Waals surface area (Å²) in [7, 11) is 2.12. The van der Waals surface area contributed by atoms with Gasteiger partial charge in [-0.3, -0.25) is 4.79 Å². The number of halogens is 1. The van der Waals surface area contributed by atoms with E-state index < -0.39 is 5.97 Å². The lowest BCUT2D eigenvalue weighted by Crippen LogP contribution is -2.41. The van der Waals surface area contributed by atoms with Gasteiger partial charge in [0.15, 0.2) is 0 Å². The molecule has 1 aliphatic heterocycles. The summed E-state index contributed by atoms with van der Waals surface area (Å²) in [5.74, 6) is -0.469. The van der Waals surface area contributed by atoms with Crippen molar-refractivity contribution in [1.29, 1.82) is 0 Å². The Kier molecular flexibility index (Phi) is 4.07. The van der Waals surface area contributed by atoms with Crippen LogP contribution in [0.4, 0.5) is 0 Å². The average molecular weight is 312 g/mol. The van der Waals surface area contributed by atoms with Gasteiger partial charge in [0.2, 0.25) is 0 Å². The predicted octanol–water partition coefficient (Wildman–Crippen LogP) is 2.74. The topological polar surface area (TPSA) is 40.5 Å².